The largest absolute Gasteiger partial charge is 0.381 e. The van der Waals surface area contributed by atoms with Crippen molar-refractivity contribution in [2.75, 3.05) is 0 Å². The molecule has 0 saturated heterocycles. The molecule has 18 heavy (non-hydrogen) atoms. The van der Waals surface area contributed by atoms with E-state index in [2.05, 4.69) is 10.1 Å². The van der Waals surface area contributed by atoms with Crippen LogP contribution in [-0.4, -0.2) is 15.2 Å². The highest BCUT2D eigenvalue weighted by Gasteiger charge is 2.24. The topological polar surface area (TPSA) is 85.2 Å². The molecule has 5 heteroatoms. The van der Waals surface area contributed by atoms with Crippen LogP contribution in [0.25, 0.3) is 11.4 Å². The average Bonchev–Trinajstić information content (AvgIpc) is 2.78. The van der Waals surface area contributed by atoms with Crippen LogP contribution in [-0.2, 0) is 5.60 Å². The molecule has 3 N–H and O–H groups in total. The van der Waals surface area contributed by atoms with Crippen molar-refractivity contribution < 1.29 is 9.63 Å². The SMILES string of the molecule is CC(N)c1cccc(-c2noc(C(C)(C)O)n2)c1. The number of benzene rings is 1. The molecule has 2 aromatic rings. The molecule has 0 aliphatic heterocycles. The van der Waals surface area contributed by atoms with E-state index in [1.807, 2.05) is 31.2 Å². The van der Waals surface area contributed by atoms with Gasteiger partial charge in [-0.1, -0.05) is 23.4 Å². The van der Waals surface area contributed by atoms with Gasteiger partial charge in [0.2, 0.25) is 5.82 Å². The van der Waals surface area contributed by atoms with Gasteiger partial charge in [-0.05, 0) is 32.4 Å². The second-order valence-electron chi connectivity index (χ2n) is 4.90. The van der Waals surface area contributed by atoms with E-state index in [-0.39, 0.29) is 11.9 Å². The van der Waals surface area contributed by atoms with Crippen LogP contribution in [0.3, 0.4) is 0 Å². The third-order valence-electron chi connectivity index (χ3n) is 2.62. The Balaban J connectivity index is 2.37. The molecule has 1 aromatic carbocycles. The predicted molar refractivity (Wildman–Crippen MR) is 67.6 cm³/mol. The monoisotopic (exact) mass is 247 g/mol. The summed E-state index contributed by atoms with van der Waals surface area (Å²) in [6.07, 6.45) is 0. The number of hydrogen-bond acceptors (Lipinski definition) is 5. The molecule has 0 fully saturated rings. The van der Waals surface area contributed by atoms with Crippen molar-refractivity contribution in [1.29, 1.82) is 0 Å². The van der Waals surface area contributed by atoms with Gasteiger partial charge in [0.15, 0.2) is 0 Å². The van der Waals surface area contributed by atoms with Crippen LogP contribution in [0.15, 0.2) is 28.8 Å². The van der Waals surface area contributed by atoms with Gasteiger partial charge in [0.25, 0.3) is 5.89 Å². The Kier molecular flexibility index (Phi) is 3.19. The van der Waals surface area contributed by atoms with E-state index >= 15 is 0 Å². The maximum atomic E-state index is 9.78. The number of hydrogen-bond donors (Lipinski definition) is 2. The standard InChI is InChI=1S/C13H17N3O2/c1-8(14)9-5-4-6-10(7-9)11-15-12(18-16-11)13(2,3)17/h4-8,17H,14H2,1-3H3. The zero-order valence-electron chi connectivity index (χ0n) is 10.7. The molecule has 0 radical (unpaired) electrons. The first kappa shape index (κ1) is 12.7. The van der Waals surface area contributed by atoms with Gasteiger partial charge in [-0.15, -0.1) is 0 Å². The number of aliphatic hydroxyl groups is 1. The molecular weight excluding hydrogens is 230 g/mol. The lowest BCUT2D eigenvalue weighted by molar-refractivity contribution is 0.0420. The summed E-state index contributed by atoms with van der Waals surface area (Å²) in [6.45, 7) is 5.11. The Morgan fingerprint density at radius 1 is 1.39 bits per heavy atom. The first-order valence-corrected chi connectivity index (χ1v) is 5.80. The zero-order valence-corrected chi connectivity index (χ0v) is 10.7. The molecule has 0 aliphatic rings. The van der Waals surface area contributed by atoms with Gasteiger partial charge in [-0.3, -0.25) is 0 Å². The highest BCUT2D eigenvalue weighted by atomic mass is 16.5. The van der Waals surface area contributed by atoms with Crippen molar-refractivity contribution in [3.05, 3.63) is 35.7 Å². The Bertz CT molecular complexity index is 541. The fourth-order valence-electron chi connectivity index (χ4n) is 1.55. The van der Waals surface area contributed by atoms with Gasteiger partial charge < -0.3 is 15.4 Å². The van der Waals surface area contributed by atoms with Crippen LogP contribution in [0.1, 0.15) is 38.3 Å². The van der Waals surface area contributed by atoms with E-state index in [1.165, 1.54) is 0 Å². The third kappa shape index (κ3) is 2.57. The molecular formula is C13H17N3O2. The summed E-state index contributed by atoms with van der Waals surface area (Å²) in [6, 6.07) is 7.60. The van der Waals surface area contributed by atoms with Gasteiger partial charge in [-0.2, -0.15) is 4.98 Å². The summed E-state index contributed by atoms with van der Waals surface area (Å²) in [5, 5.41) is 13.6. The molecule has 1 atom stereocenters. The lowest BCUT2D eigenvalue weighted by Crippen LogP contribution is -2.15. The Morgan fingerprint density at radius 2 is 2.11 bits per heavy atom. The van der Waals surface area contributed by atoms with E-state index in [4.69, 9.17) is 10.3 Å². The molecule has 96 valence electrons. The normalized spacial score (nSPS) is 13.6. The summed E-state index contributed by atoms with van der Waals surface area (Å²) >= 11 is 0. The minimum Gasteiger partial charge on any atom is -0.381 e. The lowest BCUT2D eigenvalue weighted by Gasteiger charge is -2.09. The number of nitrogens with zero attached hydrogens (tertiary/aromatic N) is 2. The van der Waals surface area contributed by atoms with Crippen LogP contribution in [0.4, 0.5) is 0 Å². The predicted octanol–water partition coefficient (Wildman–Crippen LogP) is 1.98. The Morgan fingerprint density at radius 3 is 2.67 bits per heavy atom. The van der Waals surface area contributed by atoms with Gasteiger partial charge in [0, 0.05) is 11.6 Å². The number of nitrogens with two attached hydrogens (primary N) is 1. The van der Waals surface area contributed by atoms with Crippen molar-refractivity contribution in [3.8, 4) is 11.4 Å². The van der Waals surface area contributed by atoms with Gasteiger partial charge >= 0.3 is 0 Å². The molecule has 0 aliphatic carbocycles. The molecule has 1 unspecified atom stereocenters. The van der Waals surface area contributed by atoms with Crippen LogP contribution >= 0.6 is 0 Å². The quantitative estimate of drug-likeness (QED) is 0.866. The van der Waals surface area contributed by atoms with Crippen LogP contribution in [0, 0.1) is 0 Å². The van der Waals surface area contributed by atoms with Gasteiger partial charge in [0.05, 0.1) is 0 Å². The maximum absolute atomic E-state index is 9.78. The molecule has 0 amide bonds. The summed E-state index contributed by atoms with van der Waals surface area (Å²) in [5.74, 6) is 0.651. The van der Waals surface area contributed by atoms with Crippen LogP contribution < -0.4 is 5.73 Å². The van der Waals surface area contributed by atoms with Crippen molar-refractivity contribution in [2.45, 2.75) is 32.4 Å². The van der Waals surface area contributed by atoms with Crippen molar-refractivity contribution in [2.24, 2.45) is 5.73 Å². The second-order valence-corrected chi connectivity index (χ2v) is 4.90. The van der Waals surface area contributed by atoms with E-state index < -0.39 is 5.60 Å². The zero-order chi connectivity index (χ0) is 13.3. The summed E-state index contributed by atoms with van der Waals surface area (Å²) in [4.78, 5) is 4.18. The number of rotatable bonds is 3. The third-order valence-corrected chi connectivity index (χ3v) is 2.62. The number of aromatic nitrogens is 2. The van der Waals surface area contributed by atoms with Gasteiger partial charge in [-0.25, -0.2) is 0 Å². The summed E-state index contributed by atoms with van der Waals surface area (Å²) in [7, 11) is 0. The van der Waals surface area contributed by atoms with E-state index in [0.29, 0.717) is 5.82 Å². The molecule has 2 rings (SSSR count). The van der Waals surface area contributed by atoms with E-state index in [1.54, 1.807) is 13.8 Å². The second kappa shape index (κ2) is 4.51. The van der Waals surface area contributed by atoms with Crippen molar-refractivity contribution in [3.63, 3.8) is 0 Å². The van der Waals surface area contributed by atoms with Crippen molar-refractivity contribution in [1.82, 2.24) is 10.1 Å². The minimum absolute atomic E-state index is 0.0504. The molecule has 0 saturated carbocycles. The highest BCUT2D eigenvalue weighted by molar-refractivity contribution is 5.55. The van der Waals surface area contributed by atoms with E-state index in [9.17, 15) is 5.11 Å². The maximum Gasteiger partial charge on any atom is 0.258 e. The Hall–Kier alpha value is -1.72. The molecule has 0 spiro atoms. The lowest BCUT2D eigenvalue weighted by atomic mass is 10.1. The highest BCUT2D eigenvalue weighted by Crippen LogP contribution is 2.23. The summed E-state index contributed by atoms with van der Waals surface area (Å²) < 4.78 is 5.04. The fraction of sp³-hybridized carbons (Fsp3) is 0.385. The molecule has 0 bridgehead atoms. The molecule has 1 heterocycles. The van der Waals surface area contributed by atoms with Crippen LogP contribution in [0.2, 0.25) is 0 Å². The fourth-order valence-corrected chi connectivity index (χ4v) is 1.55. The first-order chi connectivity index (χ1) is 8.38. The van der Waals surface area contributed by atoms with E-state index in [0.717, 1.165) is 11.1 Å². The smallest absolute Gasteiger partial charge is 0.258 e. The minimum atomic E-state index is -1.13. The van der Waals surface area contributed by atoms with Crippen molar-refractivity contribution >= 4 is 0 Å². The summed E-state index contributed by atoms with van der Waals surface area (Å²) in [5.41, 5.74) is 6.52. The first-order valence-electron chi connectivity index (χ1n) is 5.80. The Labute approximate surface area is 106 Å². The molecule has 1 aromatic heterocycles. The molecule has 5 nitrogen and oxygen atoms in total. The average molecular weight is 247 g/mol. The van der Waals surface area contributed by atoms with Crippen LogP contribution in [0.5, 0.6) is 0 Å². The van der Waals surface area contributed by atoms with Gasteiger partial charge in [0.1, 0.15) is 5.60 Å².